The van der Waals surface area contributed by atoms with Gasteiger partial charge in [-0.15, -0.1) is 0 Å². The minimum atomic E-state index is -0.289. The van der Waals surface area contributed by atoms with Gasteiger partial charge in [-0.2, -0.15) is 0 Å². The lowest BCUT2D eigenvalue weighted by Crippen LogP contribution is -2.37. The Morgan fingerprint density at radius 2 is 1.95 bits per heavy atom. The third-order valence-corrected chi connectivity index (χ3v) is 3.47. The van der Waals surface area contributed by atoms with Crippen LogP contribution >= 0.6 is 0 Å². The van der Waals surface area contributed by atoms with Crippen LogP contribution in [0.1, 0.15) is 37.0 Å². The maximum absolute atomic E-state index is 12.6. The van der Waals surface area contributed by atoms with E-state index in [9.17, 15) is 9.59 Å². The van der Waals surface area contributed by atoms with E-state index in [0.29, 0.717) is 18.7 Å². The van der Waals surface area contributed by atoms with Crippen LogP contribution in [0.4, 0.5) is 0 Å². The first-order valence-corrected chi connectivity index (χ1v) is 7.34. The Morgan fingerprint density at radius 1 is 1.29 bits per heavy atom. The molecule has 5 heteroatoms. The molecule has 0 aliphatic heterocycles. The number of nitrogens with zero attached hydrogens (tertiary/aromatic N) is 3. The molecule has 112 valence electrons. The number of aromatic nitrogens is 2. The maximum atomic E-state index is 12.6. The average molecular weight is 287 g/mol. The van der Waals surface area contributed by atoms with Crippen molar-refractivity contribution in [2.45, 2.75) is 26.7 Å². The first kappa shape index (κ1) is 15.2. The van der Waals surface area contributed by atoms with Gasteiger partial charge in [0.25, 0.3) is 11.5 Å². The van der Waals surface area contributed by atoms with Crippen molar-refractivity contribution in [3.8, 4) is 0 Å². The topological polar surface area (TPSA) is 55.2 Å². The lowest BCUT2D eigenvalue weighted by Gasteiger charge is -2.21. The van der Waals surface area contributed by atoms with Gasteiger partial charge < -0.3 is 4.90 Å². The molecule has 0 radical (unpaired) electrons. The fourth-order valence-corrected chi connectivity index (χ4v) is 2.47. The molecular weight excluding hydrogens is 266 g/mol. The van der Waals surface area contributed by atoms with Crippen molar-refractivity contribution in [2.75, 3.05) is 13.1 Å². The normalized spacial score (nSPS) is 10.8. The molecule has 0 N–H and O–H groups in total. The molecule has 21 heavy (non-hydrogen) atoms. The Morgan fingerprint density at radius 3 is 2.57 bits per heavy atom. The Balaban J connectivity index is 2.52. The molecule has 2 aromatic rings. The van der Waals surface area contributed by atoms with Crippen LogP contribution in [0.3, 0.4) is 0 Å². The second-order valence-corrected chi connectivity index (χ2v) is 5.13. The molecule has 0 saturated carbocycles. The summed E-state index contributed by atoms with van der Waals surface area (Å²) in [7, 11) is 1.65. The Labute approximate surface area is 124 Å². The summed E-state index contributed by atoms with van der Waals surface area (Å²) in [6.45, 7) is 5.39. The molecule has 0 bridgehead atoms. The Hall–Kier alpha value is -2.17. The number of hydrogen-bond acceptors (Lipinski definition) is 3. The molecular formula is C16H21N3O2. The number of fused-ring (bicyclic) bond motifs is 1. The molecule has 0 aliphatic carbocycles. The molecule has 0 atom stereocenters. The molecule has 0 unspecified atom stereocenters. The summed E-state index contributed by atoms with van der Waals surface area (Å²) in [5.74, 6) is -0.190. The third-order valence-electron chi connectivity index (χ3n) is 3.47. The molecule has 2 aromatic heterocycles. The minimum absolute atomic E-state index is 0.190. The summed E-state index contributed by atoms with van der Waals surface area (Å²) < 4.78 is 1.44. The van der Waals surface area contributed by atoms with E-state index in [4.69, 9.17) is 0 Å². The van der Waals surface area contributed by atoms with Crippen molar-refractivity contribution in [1.82, 2.24) is 14.5 Å². The molecule has 0 spiro atoms. The zero-order chi connectivity index (χ0) is 15.4. The third kappa shape index (κ3) is 2.96. The summed E-state index contributed by atoms with van der Waals surface area (Å²) in [4.78, 5) is 31.0. The van der Waals surface area contributed by atoms with Crippen molar-refractivity contribution >= 4 is 16.9 Å². The van der Waals surface area contributed by atoms with E-state index in [1.54, 1.807) is 30.3 Å². The predicted octanol–water partition coefficient (Wildman–Crippen LogP) is 2.20. The van der Waals surface area contributed by atoms with Crippen LogP contribution in [0.15, 0.2) is 29.2 Å². The summed E-state index contributed by atoms with van der Waals surface area (Å²) in [6, 6.07) is 5.32. The molecule has 0 fully saturated rings. The van der Waals surface area contributed by atoms with Crippen molar-refractivity contribution < 1.29 is 4.79 Å². The summed E-state index contributed by atoms with van der Waals surface area (Å²) in [5, 5.41) is 0.802. The van der Waals surface area contributed by atoms with Crippen molar-refractivity contribution in [3.63, 3.8) is 0 Å². The Bertz CT molecular complexity index is 700. The van der Waals surface area contributed by atoms with Crippen LogP contribution in [-0.2, 0) is 7.05 Å². The maximum Gasteiger partial charge on any atom is 0.264 e. The van der Waals surface area contributed by atoms with Crippen LogP contribution in [0.2, 0.25) is 0 Å². The van der Waals surface area contributed by atoms with E-state index in [1.165, 1.54) is 4.57 Å². The predicted molar refractivity (Wildman–Crippen MR) is 83.5 cm³/mol. The van der Waals surface area contributed by atoms with E-state index < -0.39 is 0 Å². The van der Waals surface area contributed by atoms with E-state index in [2.05, 4.69) is 4.98 Å². The molecule has 2 heterocycles. The van der Waals surface area contributed by atoms with Gasteiger partial charge in [0.2, 0.25) is 0 Å². The van der Waals surface area contributed by atoms with Gasteiger partial charge in [0.1, 0.15) is 11.2 Å². The van der Waals surface area contributed by atoms with Crippen molar-refractivity contribution in [2.24, 2.45) is 7.05 Å². The summed E-state index contributed by atoms with van der Waals surface area (Å²) >= 11 is 0. The van der Waals surface area contributed by atoms with Crippen LogP contribution in [0.5, 0.6) is 0 Å². The number of amides is 1. The van der Waals surface area contributed by atoms with Crippen LogP contribution < -0.4 is 5.56 Å². The molecule has 0 saturated heterocycles. The molecule has 0 aromatic carbocycles. The second kappa shape index (κ2) is 6.52. The fourth-order valence-electron chi connectivity index (χ4n) is 2.47. The van der Waals surface area contributed by atoms with Crippen LogP contribution in [0, 0.1) is 0 Å². The summed E-state index contributed by atoms with van der Waals surface area (Å²) in [5.41, 5.74) is 0.528. The Kier molecular flexibility index (Phi) is 4.73. The zero-order valence-electron chi connectivity index (χ0n) is 12.8. The first-order chi connectivity index (χ1) is 10.1. The van der Waals surface area contributed by atoms with E-state index in [-0.39, 0.29) is 17.0 Å². The molecule has 2 rings (SSSR count). The molecule has 1 amide bonds. The highest BCUT2D eigenvalue weighted by Crippen LogP contribution is 2.11. The van der Waals surface area contributed by atoms with Crippen LogP contribution in [-0.4, -0.2) is 33.4 Å². The highest BCUT2D eigenvalue weighted by atomic mass is 16.2. The monoisotopic (exact) mass is 287 g/mol. The highest BCUT2D eigenvalue weighted by Gasteiger charge is 2.19. The van der Waals surface area contributed by atoms with E-state index >= 15 is 0 Å². The molecule has 5 nitrogen and oxygen atoms in total. The van der Waals surface area contributed by atoms with Gasteiger partial charge in [0, 0.05) is 31.7 Å². The van der Waals surface area contributed by atoms with Crippen molar-refractivity contribution in [1.29, 1.82) is 0 Å². The van der Waals surface area contributed by atoms with Gasteiger partial charge in [-0.3, -0.25) is 14.2 Å². The lowest BCUT2D eigenvalue weighted by molar-refractivity contribution is 0.0753. The van der Waals surface area contributed by atoms with E-state index in [0.717, 1.165) is 18.2 Å². The SMILES string of the molecule is CCCN(CCC)C(=O)c1cc2cccnc2n(C)c1=O. The number of pyridine rings is 2. The number of rotatable bonds is 5. The van der Waals surface area contributed by atoms with Crippen molar-refractivity contribution in [3.05, 3.63) is 40.3 Å². The number of carbonyl (C=O) groups excluding carboxylic acids is 1. The minimum Gasteiger partial charge on any atom is -0.338 e. The van der Waals surface area contributed by atoms with E-state index in [1.807, 2.05) is 19.9 Å². The van der Waals surface area contributed by atoms with Gasteiger partial charge >= 0.3 is 0 Å². The first-order valence-electron chi connectivity index (χ1n) is 7.34. The largest absolute Gasteiger partial charge is 0.338 e. The quantitative estimate of drug-likeness (QED) is 0.847. The second-order valence-electron chi connectivity index (χ2n) is 5.13. The fraction of sp³-hybridized carbons (Fsp3) is 0.438. The van der Waals surface area contributed by atoms with Crippen LogP contribution in [0.25, 0.3) is 11.0 Å². The van der Waals surface area contributed by atoms with Gasteiger partial charge in [0.05, 0.1) is 0 Å². The highest BCUT2D eigenvalue weighted by molar-refractivity contribution is 5.96. The number of aryl methyl sites for hydroxylation is 1. The summed E-state index contributed by atoms with van der Waals surface area (Å²) in [6.07, 6.45) is 3.39. The average Bonchev–Trinajstić information content (AvgIpc) is 2.50. The smallest absolute Gasteiger partial charge is 0.264 e. The zero-order valence-corrected chi connectivity index (χ0v) is 12.8. The standard InChI is InChI=1S/C16H21N3O2/c1-4-9-19(10-5-2)16(21)13-11-12-7-6-8-17-14(12)18(3)15(13)20/h6-8,11H,4-5,9-10H2,1-3H3. The number of hydrogen-bond donors (Lipinski definition) is 0. The van der Waals surface area contributed by atoms with Gasteiger partial charge in [0.15, 0.2) is 0 Å². The molecule has 0 aliphatic rings. The lowest BCUT2D eigenvalue weighted by atomic mass is 10.1. The number of carbonyl (C=O) groups is 1. The van der Waals surface area contributed by atoms with Gasteiger partial charge in [-0.05, 0) is 31.0 Å². The van der Waals surface area contributed by atoms with Gasteiger partial charge in [-0.1, -0.05) is 13.8 Å². The van der Waals surface area contributed by atoms with Gasteiger partial charge in [-0.25, -0.2) is 4.98 Å².